The molecule has 0 aliphatic carbocycles. The number of Topliss-reactive ketones (excluding diaryl/α,β-unsaturated/α-hetero) is 1. The summed E-state index contributed by atoms with van der Waals surface area (Å²) in [6.07, 6.45) is 1.58. The molecule has 0 saturated carbocycles. The standard InChI is InChI=1S/C12H21NO2/c1-11(2,3)13(12(4,5)6)9-7-15-8-10(9)14/h7H,8H2,1-6H3. The first-order chi connectivity index (χ1) is 6.64. The Morgan fingerprint density at radius 3 is 1.87 bits per heavy atom. The van der Waals surface area contributed by atoms with Gasteiger partial charge in [-0.15, -0.1) is 0 Å². The summed E-state index contributed by atoms with van der Waals surface area (Å²) in [5, 5.41) is 0. The Hall–Kier alpha value is -0.990. The number of carbonyl (C=O) groups is 1. The van der Waals surface area contributed by atoms with Crippen LogP contribution in [0.1, 0.15) is 41.5 Å². The molecule has 0 atom stereocenters. The van der Waals surface area contributed by atoms with Crippen molar-refractivity contribution in [2.45, 2.75) is 52.6 Å². The molecule has 0 bridgehead atoms. The first-order valence-corrected chi connectivity index (χ1v) is 5.29. The van der Waals surface area contributed by atoms with Gasteiger partial charge in [0, 0.05) is 11.1 Å². The Balaban J connectivity index is 3.08. The number of ether oxygens (including phenoxy) is 1. The first-order valence-electron chi connectivity index (χ1n) is 5.29. The van der Waals surface area contributed by atoms with Crippen molar-refractivity contribution in [2.75, 3.05) is 6.61 Å². The van der Waals surface area contributed by atoms with E-state index in [4.69, 9.17) is 4.74 Å². The predicted octanol–water partition coefficient (Wildman–Crippen LogP) is 2.33. The number of hydrogen-bond acceptors (Lipinski definition) is 3. The van der Waals surface area contributed by atoms with Crippen molar-refractivity contribution >= 4 is 5.78 Å². The van der Waals surface area contributed by atoms with E-state index >= 15 is 0 Å². The van der Waals surface area contributed by atoms with Gasteiger partial charge in [-0.1, -0.05) is 0 Å². The van der Waals surface area contributed by atoms with Crippen LogP contribution in [0, 0.1) is 0 Å². The highest BCUT2D eigenvalue weighted by Crippen LogP contribution is 2.31. The summed E-state index contributed by atoms with van der Waals surface area (Å²) in [6, 6.07) is 0. The number of hydrogen-bond donors (Lipinski definition) is 0. The van der Waals surface area contributed by atoms with Crippen molar-refractivity contribution in [3.8, 4) is 0 Å². The lowest BCUT2D eigenvalue weighted by atomic mass is 9.94. The van der Waals surface area contributed by atoms with Gasteiger partial charge in [-0.2, -0.15) is 0 Å². The molecule has 0 saturated heterocycles. The van der Waals surface area contributed by atoms with Crippen molar-refractivity contribution in [3.05, 3.63) is 12.0 Å². The van der Waals surface area contributed by atoms with E-state index in [-0.39, 0.29) is 23.5 Å². The molecule has 0 aromatic carbocycles. The second-order valence-electron chi connectivity index (χ2n) is 5.91. The Bertz CT molecular complexity index is 278. The molecule has 1 heterocycles. The Morgan fingerprint density at radius 1 is 1.13 bits per heavy atom. The van der Waals surface area contributed by atoms with Crippen LogP contribution in [0.25, 0.3) is 0 Å². The van der Waals surface area contributed by atoms with Crippen LogP contribution < -0.4 is 0 Å². The van der Waals surface area contributed by atoms with Gasteiger partial charge in [0.25, 0.3) is 0 Å². The van der Waals surface area contributed by atoms with Crippen molar-refractivity contribution in [1.29, 1.82) is 0 Å². The van der Waals surface area contributed by atoms with E-state index in [1.807, 2.05) is 0 Å². The largest absolute Gasteiger partial charge is 0.491 e. The number of ketones is 1. The zero-order valence-corrected chi connectivity index (χ0v) is 10.5. The first kappa shape index (κ1) is 12.1. The smallest absolute Gasteiger partial charge is 0.219 e. The molecular weight excluding hydrogens is 190 g/mol. The lowest BCUT2D eigenvalue weighted by molar-refractivity contribution is -0.119. The quantitative estimate of drug-likeness (QED) is 0.666. The normalized spacial score (nSPS) is 17.5. The van der Waals surface area contributed by atoms with Crippen LogP contribution in [0.5, 0.6) is 0 Å². The molecule has 0 aromatic heterocycles. The summed E-state index contributed by atoms with van der Waals surface area (Å²) in [5.74, 6) is 0.0693. The van der Waals surface area contributed by atoms with E-state index in [1.165, 1.54) is 0 Å². The molecule has 1 aliphatic heterocycles. The minimum Gasteiger partial charge on any atom is -0.491 e. The van der Waals surface area contributed by atoms with Gasteiger partial charge >= 0.3 is 0 Å². The third kappa shape index (κ3) is 2.52. The van der Waals surface area contributed by atoms with Crippen molar-refractivity contribution in [3.63, 3.8) is 0 Å². The second-order valence-corrected chi connectivity index (χ2v) is 5.91. The fourth-order valence-corrected chi connectivity index (χ4v) is 2.24. The van der Waals surface area contributed by atoms with Gasteiger partial charge in [0.1, 0.15) is 12.0 Å². The fraction of sp³-hybridized carbons (Fsp3) is 0.750. The summed E-state index contributed by atoms with van der Waals surface area (Å²) in [6.45, 7) is 12.8. The Labute approximate surface area is 92.1 Å². The van der Waals surface area contributed by atoms with E-state index in [0.717, 1.165) is 0 Å². The summed E-state index contributed by atoms with van der Waals surface area (Å²) < 4.78 is 5.09. The highest BCUT2D eigenvalue weighted by molar-refractivity contribution is 5.97. The molecule has 0 N–H and O–H groups in total. The minimum absolute atomic E-state index is 0.0693. The fourth-order valence-electron chi connectivity index (χ4n) is 2.24. The lowest BCUT2D eigenvalue weighted by Gasteiger charge is -2.46. The van der Waals surface area contributed by atoms with E-state index in [2.05, 4.69) is 46.4 Å². The van der Waals surface area contributed by atoms with Crippen molar-refractivity contribution in [2.24, 2.45) is 0 Å². The molecule has 1 rings (SSSR count). The van der Waals surface area contributed by atoms with Crippen LogP contribution in [0.2, 0.25) is 0 Å². The van der Waals surface area contributed by atoms with Crippen LogP contribution in [0.3, 0.4) is 0 Å². The zero-order chi connectivity index (χ0) is 11.9. The molecule has 15 heavy (non-hydrogen) atoms. The molecule has 0 spiro atoms. The van der Waals surface area contributed by atoms with Gasteiger partial charge in [0.05, 0.1) is 0 Å². The average Bonchev–Trinajstić information content (AvgIpc) is 2.30. The van der Waals surface area contributed by atoms with Gasteiger partial charge < -0.3 is 9.64 Å². The highest BCUT2D eigenvalue weighted by atomic mass is 16.5. The Morgan fingerprint density at radius 2 is 1.60 bits per heavy atom. The maximum Gasteiger partial charge on any atom is 0.219 e. The van der Waals surface area contributed by atoms with Crippen LogP contribution >= 0.6 is 0 Å². The summed E-state index contributed by atoms with van der Waals surface area (Å²) in [5.41, 5.74) is 0.510. The number of carbonyl (C=O) groups excluding carboxylic acids is 1. The van der Waals surface area contributed by atoms with Gasteiger partial charge in [0.2, 0.25) is 5.78 Å². The summed E-state index contributed by atoms with van der Waals surface area (Å²) in [4.78, 5) is 13.8. The van der Waals surface area contributed by atoms with Crippen LogP contribution in [0.4, 0.5) is 0 Å². The van der Waals surface area contributed by atoms with Crippen molar-refractivity contribution < 1.29 is 9.53 Å². The van der Waals surface area contributed by atoms with E-state index in [0.29, 0.717) is 5.70 Å². The molecule has 0 unspecified atom stereocenters. The average molecular weight is 211 g/mol. The third-order valence-corrected chi connectivity index (χ3v) is 2.28. The molecule has 0 aromatic rings. The predicted molar refractivity (Wildman–Crippen MR) is 60.4 cm³/mol. The Kier molecular flexibility index (Phi) is 2.85. The van der Waals surface area contributed by atoms with Crippen LogP contribution in [0.15, 0.2) is 12.0 Å². The molecule has 3 heteroatoms. The number of rotatable bonds is 1. The second kappa shape index (κ2) is 3.54. The lowest BCUT2D eigenvalue weighted by Crippen LogP contribution is -2.52. The number of nitrogens with zero attached hydrogens (tertiary/aromatic N) is 1. The summed E-state index contributed by atoms with van der Waals surface area (Å²) in [7, 11) is 0. The summed E-state index contributed by atoms with van der Waals surface area (Å²) >= 11 is 0. The molecule has 1 aliphatic rings. The molecule has 0 fully saturated rings. The van der Waals surface area contributed by atoms with E-state index < -0.39 is 0 Å². The SMILES string of the molecule is CC(C)(C)N(C1=COCC1=O)C(C)(C)C. The molecule has 86 valence electrons. The molecule has 0 radical (unpaired) electrons. The van der Waals surface area contributed by atoms with Crippen LogP contribution in [-0.4, -0.2) is 28.4 Å². The van der Waals surface area contributed by atoms with Crippen molar-refractivity contribution in [1.82, 2.24) is 4.90 Å². The molecule has 3 nitrogen and oxygen atoms in total. The third-order valence-electron chi connectivity index (χ3n) is 2.28. The zero-order valence-electron chi connectivity index (χ0n) is 10.5. The van der Waals surface area contributed by atoms with Crippen LogP contribution in [-0.2, 0) is 9.53 Å². The van der Waals surface area contributed by atoms with E-state index in [9.17, 15) is 4.79 Å². The van der Waals surface area contributed by atoms with Gasteiger partial charge in [0.15, 0.2) is 6.61 Å². The van der Waals surface area contributed by atoms with Gasteiger partial charge in [-0.3, -0.25) is 4.79 Å². The highest BCUT2D eigenvalue weighted by Gasteiger charge is 2.37. The maximum atomic E-state index is 11.7. The molecule has 0 amide bonds. The van der Waals surface area contributed by atoms with Gasteiger partial charge in [-0.25, -0.2) is 0 Å². The maximum absolute atomic E-state index is 11.7. The molecular formula is C12H21NO2. The monoisotopic (exact) mass is 211 g/mol. The minimum atomic E-state index is -0.0898. The van der Waals surface area contributed by atoms with E-state index in [1.54, 1.807) is 6.26 Å². The van der Waals surface area contributed by atoms with Gasteiger partial charge in [-0.05, 0) is 41.5 Å². The topological polar surface area (TPSA) is 29.5 Å².